The molecule has 4 aromatic carbocycles. The van der Waals surface area contributed by atoms with Crippen LogP contribution in [0.15, 0.2) is 141 Å². The zero-order valence-corrected chi connectivity index (χ0v) is 21.4. The Balaban J connectivity index is 1.71. The molecule has 6 nitrogen and oxygen atoms in total. The zero-order chi connectivity index (χ0) is 25.6. The highest BCUT2D eigenvalue weighted by Crippen LogP contribution is 2.31. The number of hydrogen-bond donors (Lipinski definition) is 1. The monoisotopic (exact) mass is 550 g/mol. The summed E-state index contributed by atoms with van der Waals surface area (Å²) in [5.41, 5.74) is 3.28. The maximum atomic E-state index is 14.0. The predicted octanol–water partition coefficient (Wildman–Crippen LogP) is 7.46. The summed E-state index contributed by atoms with van der Waals surface area (Å²) in [5.74, 6) is -0.168. The number of azo groups is 1. The minimum atomic E-state index is -0.356. The van der Waals surface area contributed by atoms with Gasteiger partial charge in [-0.25, -0.2) is 9.36 Å². The molecule has 1 N–H and O–H groups in total. The largest absolute Gasteiger partial charge is 0.493 e. The Bertz CT molecular complexity index is 1620. The van der Waals surface area contributed by atoms with Gasteiger partial charge in [0, 0.05) is 10.9 Å². The average Bonchev–Trinajstić information content (AvgIpc) is 3.20. The third kappa shape index (κ3) is 5.22. The first-order valence-corrected chi connectivity index (χ1v) is 12.5. The molecule has 182 valence electrons. The molecule has 0 aliphatic heterocycles. The van der Waals surface area contributed by atoms with E-state index in [4.69, 9.17) is 0 Å². The molecule has 7 heteroatoms. The van der Waals surface area contributed by atoms with Crippen molar-refractivity contribution in [1.29, 1.82) is 0 Å². The van der Waals surface area contributed by atoms with E-state index < -0.39 is 0 Å². The molecule has 0 unspecified atom stereocenters. The number of hydrogen-bond acceptors (Lipinski definition) is 4. The first kappa shape index (κ1) is 24.2. The Morgan fingerprint density at radius 2 is 1.30 bits per heavy atom. The highest BCUT2D eigenvalue weighted by atomic mass is 79.9. The highest BCUT2D eigenvalue weighted by Gasteiger charge is 2.25. The lowest BCUT2D eigenvalue weighted by molar-refractivity contribution is 0.424. The molecular formula is C30H23BrN4O2. The van der Waals surface area contributed by atoms with Crippen LogP contribution in [0.1, 0.15) is 11.1 Å². The second kappa shape index (κ2) is 11.1. The van der Waals surface area contributed by atoms with Crippen LogP contribution in [0.4, 0.5) is 5.69 Å². The molecule has 0 spiro atoms. The maximum absolute atomic E-state index is 14.0. The molecule has 0 aliphatic carbocycles. The van der Waals surface area contributed by atoms with Gasteiger partial charge in [-0.2, -0.15) is 5.11 Å². The maximum Gasteiger partial charge on any atom is 0.283 e. The summed E-state index contributed by atoms with van der Waals surface area (Å²) in [7, 11) is 0. The van der Waals surface area contributed by atoms with Gasteiger partial charge in [-0.1, -0.05) is 78.9 Å². The van der Waals surface area contributed by atoms with Gasteiger partial charge in [0.15, 0.2) is 0 Å². The third-order valence-electron chi connectivity index (χ3n) is 5.82. The van der Waals surface area contributed by atoms with Gasteiger partial charge in [0.25, 0.3) is 5.56 Å². The van der Waals surface area contributed by atoms with Crippen molar-refractivity contribution in [3.8, 4) is 17.3 Å². The lowest BCUT2D eigenvalue weighted by Crippen LogP contribution is -2.21. The average molecular weight is 551 g/mol. The molecule has 0 atom stereocenters. The topological polar surface area (TPSA) is 71.9 Å². The number of allylic oxidation sites excluding steroid dienone is 1. The van der Waals surface area contributed by atoms with E-state index in [9.17, 15) is 9.90 Å². The fourth-order valence-corrected chi connectivity index (χ4v) is 4.45. The van der Waals surface area contributed by atoms with Gasteiger partial charge in [0.2, 0.25) is 5.88 Å². The fourth-order valence-electron chi connectivity index (χ4n) is 4.09. The first-order chi connectivity index (χ1) is 18.1. The number of nitrogens with zero attached hydrogens (tertiary/aromatic N) is 4. The van der Waals surface area contributed by atoms with Crippen molar-refractivity contribution in [1.82, 2.24) is 9.36 Å². The summed E-state index contributed by atoms with van der Waals surface area (Å²) in [6.07, 6.45) is 1.93. The van der Waals surface area contributed by atoms with Crippen LogP contribution in [0, 0.1) is 0 Å². The first-order valence-electron chi connectivity index (χ1n) is 11.7. The molecule has 0 amide bonds. The summed E-state index contributed by atoms with van der Waals surface area (Å²) < 4.78 is 3.81. The molecule has 0 radical (unpaired) electrons. The number of aromatic hydroxyl groups is 1. The normalized spacial score (nSPS) is 11.8. The summed E-state index contributed by atoms with van der Waals surface area (Å²) in [4.78, 5) is 14.0. The summed E-state index contributed by atoms with van der Waals surface area (Å²) in [6.45, 7) is 0. The Hall–Kier alpha value is -4.49. The fraction of sp³-hybridized carbons (Fsp3) is 0.0333. The molecule has 37 heavy (non-hydrogen) atoms. The minimum Gasteiger partial charge on any atom is -0.493 e. The van der Waals surface area contributed by atoms with Crippen molar-refractivity contribution < 1.29 is 5.11 Å². The van der Waals surface area contributed by atoms with E-state index in [0.717, 1.165) is 10.0 Å². The molecule has 0 saturated carbocycles. The van der Waals surface area contributed by atoms with Crippen LogP contribution in [0.25, 0.3) is 16.9 Å². The molecule has 1 aromatic heterocycles. The SMILES string of the molecule is O=c1c(/C(=C\N=Nc2ccccc2Br)Cc2ccccc2)c(O)n(-c2ccccc2)n1-c1ccccc1. The standard InChI is InChI=1S/C30H23BrN4O2/c31-26-18-10-11-19-27(26)33-32-21-23(20-22-12-4-1-5-13-22)28-29(36)34(24-14-6-2-7-15-24)35(30(28)37)25-16-8-3-9-17-25/h1-19,21,36H,20H2/b23-21-,33-32?. The van der Waals surface area contributed by atoms with Crippen molar-refractivity contribution >= 4 is 27.2 Å². The van der Waals surface area contributed by atoms with Gasteiger partial charge in [-0.15, -0.1) is 5.11 Å². The van der Waals surface area contributed by atoms with Crippen molar-refractivity contribution in [3.05, 3.63) is 147 Å². The molecule has 5 rings (SSSR count). The van der Waals surface area contributed by atoms with Gasteiger partial charge in [-0.3, -0.25) is 4.79 Å². The summed E-state index contributed by atoms with van der Waals surface area (Å²) in [6, 6.07) is 35.8. The van der Waals surface area contributed by atoms with Crippen molar-refractivity contribution in [2.45, 2.75) is 6.42 Å². The van der Waals surface area contributed by atoms with Gasteiger partial charge >= 0.3 is 0 Å². The van der Waals surface area contributed by atoms with E-state index in [0.29, 0.717) is 29.1 Å². The van der Waals surface area contributed by atoms with E-state index in [1.807, 2.05) is 115 Å². The van der Waals surface area contributed by atoms with Crippen LogP contribution in [-0.2, 0) is 6.42 Å². The smallest absolute Gasteiger partial charge is 0.283 e. The van der Waals surface area contributed by atoms with Crippen LogP contribution in [-0.4, -0.2) is 14.5 Å². The molecular weight excluding hydrogens is 528 g/mol. The van der Waals surface area contributed by atoms with E-state index >= 15 is 0 Å². The summed E-state index contributed by atoms with van der Waals surface area (Å²) in [5, 5.41) is 20.2. The number of benzene rings is 4. The molecule has 0 bridgehead atoms. The van der Waals surface area contributed by atoms with Gasteiger partial charge in [-0.05, 0) is 63.5 Å². The number of aromatic nitrogens is 2. The van der Waals surface area contributed by atoms with Crippen LogP contribution in [0.5, 0.6) is 5.88 Å². The van der Waals surface area contributed by atoms with E-state index in [1.54, 1.807) is 6.20 Å². The Labute approximate surface area is 222 Å². The quantitative estimate of drug-likeness (QED) is 0.213. The number of rotatable bonds is 7. The highest BCUT2D eigenvalue weighted by molar-refractivity contribution is 9.10. The van der Waals surface area contributed by atoms with Crippen molar-refractivity contribution in [3.63, 3.8) is 0 Å². The van der Waals surface area contributed by atoms with E-state index in [2.05, 4.69) is 26.2 Å². The molecule has 0 aliphatic rings. The second-order valence-electron chi connectivity index (χ2n) is 8.28. The molecule has 0 saturated heterocycles. The van der Waals surface area contributed by atoms with Gasteiger partial charge in [0.1, 0.15) is 5.56 Å². The lowest BCUT2D eigenvalue weighted by atomic mass is 10.0. The van der Waals surface area contributed by atoms with Crippen molar-refractivity contribution in [2.24, 2.45) is 10.2 Å². The van der Waals surface area contributed by atoms with Crippen LogP contribution < -0.4 is 5.56 Å². The Morgan fingerprint density at radius 1 is 0.757 bits per heavy atom. The third-order valence-corrected chi connectivity index (χ3v) is 6.49. The van der Waals surface area contributed by atoms with Gasteiger partial charge < -0.3 is 5.11 Å². The Kier molecular flexibility index (Phi) is 7.23. The molecule has 0 fully saturated rings. The molecule has 1 heterocycles. The Morgan fingerprint density at radius 3 is 1.92 bits per heavy atom. The van der Waals surface area contributed by atoms with E-state index in [-0.39, 0.29) is 17.0 Å². The predicted molar refractivity (Wildman–Crippen MR) is 150 cm³/mol. The van der Waals surface area contributed by atoms with E-state index in [1.165, 1.54) is 9.36 Å². The van der Waals surface area contributed by atoms with Crippen LogP contribution in [0.2, 0.25) is 0 Å². The lowest BCUT2D eigenvalue weighted by Gasteiger charge is -2.12. The van der Waals surface area contributed by atoms with Crippen molar-refractivity contribution in [2.75, 3.05) is 0 Å². The second-order valence-corrected chi connectivity index (χ2v) is 9.14. The zero-order valence-electron chi connectivity index (χ0n) is 19.8. The van der Waals surface area contributed by atoms with Crippen LogP contribution in [0.3, 0.4) is 0 Å². The molecule has 5 aromatic rings. The summed E-state index contributed by atoms with van der Waals surface area (Å²) >= 11 is 3.48. The number of halogens is 1. The van der Waals surface area contributed by atoms with Gasteiger partial charge in [0.05, 0.1) is 23.3 Å². The van der Waals surface area contributed by atoms with Crippen LogP contribution >= 0.6 is 15.9 Å². The number of para-hydroxylation sites is 2. The minimum absolute atomic E-state index is 0.168.